The number of piperazine rings is 1. The van der Waals surface area contributed by atoms with E-state index in [9.17, 15) is 22.8 Å². The quantitative estimate of drug-likeness (QED) is 0.655. The molecule has 0 bridgehead atoms. The van der Waals surface area contributed by atoms with Crippen LogP contribution in [0, 0.1) is 0 Å². The number of hydrogen-bond donors (Lipinski definition) is 0. The van der Waals surface area contributed by atoms with Crippen LogP contribution in [0.5, 0.6) is 11.5 Å². The van der Waals surface area contributed by atoms with Crippen molar-refractivity contribution in [3.63, 3.8) is 0 Å². The Bertz CT molecular complexity index is 1010. The summed E-state index contributed by atoms with van der Waals surface area (Å²) in [4.78, 5) is 28.1. The van der Waals surface area contributed by atoms with Crippen LogP contribution in [0.2, 0.25) is 0 Å². The highest BCUT2D eigenvalue weighted by Gasteiger charge is 2.32. The molecule has 2 amide bonds. The van der Waals surface area contributed by atoms with Gasteiger partial charge in [-0.1, -0.05) is 12.1 Å². The van der Waals surface area contributed by atoms with E-state index in [-0.39, 0.29) is 24.6 Å². The van der Waals surface area contributed by atoms with Crippen LogP contribution in [-0.4, -0.2) is 62.0 Å². The molecule has 2 aromatic rings. The van der Waals surface area contributed by atoms with Crippen LogP contribution < -0.4 is 9.47 Å². The van der Waals surface area contributed by atoms with Crippen molar-refractivity contribution in [3.05, 3.63) is 65.2 Å². The molecular weight excluding hydrogens is 425 g/mol. The summed E-state index contributed by atoms with van der Waals surface area (Å²) in [6, 6.07) is 9.63. The number of alkyl halides is 3. The van der Waals surface area contributed by atoms with E-state index in [4.69, 9.17) is 9.47 Å². The van der Waals surface area contributed by atoms with Crippen LogP contribution in [0.1, 0.15) is 21.5 Å². The SMILES string of the molecule is COc1ccc(/C=C/C(=O)N2CCN(C(=O)c3cccc(C(F)(F)F)c3)CC2)cc1OC. The Balaban J connectivity index is 1.59. The molecule has 170 valence electrons. The lowest BCUT2D eigenvalue weighted by Gasteiger charge is -2.34. The zero-order valence-corrected chi connectivity index (χ0v) is 17.7. The summed E-state index contributed by atoms with van der Waals surface area (Å²) in [5.74, 6) is 0.427. The molecule has 0 saturated carbocycles. The van der Waals surface area contributed by atoms with Crippen LogP contribution in [0.15, 0.2) is 48.5 Å². The minimum Gasteiger partial charge on any atom is -0.493 e. The van der Waals surface area contributed by atoms with Crippen LogP contribution in [0.3, 0.4) is 0 Å². The highest BCUT2D eigenvalue weighted by molar-refractivity contribution is 5.95. The molecule has 9 heteroatoms. The summed E-state index contributed by atoms with van der Waals surface area (Å²) in [6.45, 7) is 1.07. The lowest BCUT2D eigenvalue weighted by molar-refractivity contribution is -0.137. The van der Waals surface area contributed by atoms with Gasteiger partial charge < -0.3 is 19.3 Å². The number of carbonyl (C=O) groups is 2. The summed E-state index contributed by atoms with van der Waals surface area (Å²) in [5, 5.41) is 0. The first-order valence-corrected chi connectivity index (χ1v) is 9.88. The summed E-state index contributed by atoms with van der Waals surface area (Å²) < 4.78 is 49.1. The van der Waals surface area contributed by atoms with Gasteiger partial charge in [-0.3, -0.25) is 9.59 Å². The first kappa shape index (κ1) is 23.2. The predicted molar refractivity (Wildman–Crippen MR) is 113 cm³/mol. The third-order valence-electron chi connectivity index (χ3n) is 5.14. The Kier molecular flexibility index (Phi) is 7.07. The smallest absolute Gasteiger partial charge is 0.416 e. The van der Waals surface area contributed by atoms with E-state index in [1.165, 1.54) is 37.3 Å². The van der Waals surface area contributed by atoms with Crippen molar-refractivity contribution in [2.75, 3.05) is 40.4 Å². The van der Waals surface area contributed by atoms with Gasteiger partial charge >= 0.3 is 6.18 Å². The van der Waals surface area contributed by atoms with Gasteiger partial charge in [0.05, 0.1) is 19.8 Å². The molecule has 3 rings (SSSR count). The van der Waals surface area contributed by atoms with E-state index in [0.717, 1.165) is 17.7 Å². The molecule has 0 aliphatic carbocycles. The lowest BCUT2D eigenvalue weighted by atomic mass is 10.1. The molecule has 2 aromatic carbocycles. The third-order valence-corrected chi connectivity index (χ3v) is 5.14. The highest BCUT2D eigenvalue weighted by Crippen LogP contribution is 2.30. The summed E-state index contributed by atoms with van der Waals surface area (Å²) >= 11 is 0. The third kappa shape index (κ3) is 5.40. The predicted octanol–water partition coefficient (Wildman–Crippen LogP) is 3.72. The fourth-order valence-corrected chi connectivity index (χ4v) is 3.37. The molecule has 0 unspecified atom stereocenters. The van der Waals surface area contributed by atoms with E-state index in [1.807, 2.05) is 0 Å². The molecular formula is C23H23F3N2O4. The Morgan fingerprint density at radius 3 is 2.19 bits per heavy atom. The number of carbonyl (C=O) groups excluding carboxylic acids is 2. The van der Waals surface area contributed by atoms with Crippen molar-refractivity contribution in [2.45, 2.75) is 6.18 Å². The molecule has 6 nitrogen and oxygen atoms in total. The van der Waals surface area contributed by atoms with E-state index >= 15 is 0 Å². The second kappa shape index (κ2) is 9.76. The summed E-state index contributed by atoms with van der Waals surface area (Å²) in [5.41, 5.74) is -0.125. The Hall–Kier alpha value is -3.49. The van der Waals surface area contributed by atoms with Crippen molar-refractivity contribution in [2.24, 2.45) is 0 Å². The largest absolute Gasteiger partial charge is 0.493 e. The van der Waals surface area contributed by atoms with Gasteiger partial charge in [-0.05, 0) is 42.0 Å². The van der Waals surface area contributed by atoms with E-state index in [0.29, 0.717) is 24.6 Å². The topological polar surface area (TPSA) is 59.1 Å². The van der Waals surface area contributed by atoms with E-state index in [1.54, 1.807) is 29.2 Å². The van der Waals surface area contributed by atoms with Gasteiger partial charge in [0.1, 0.15) is 0 Å². The van der Waals surface area contributed by atoms with Gasteiger partial charge in [0.2, 0.25) is 5.91 Å². The van der Waals surface area contributed by atoms with Crippen molar-refractivity contribution >= 4 is 17.9 Å². The summed E-state index contributed by atoms with van der Waals surface area (Å²) in [7, 11) is 3.06. The minimum atomic E-state index is -4.51. The molecule has 1 aliphatic heterocycles. The Morgan fingerprint density at radius 1 is 0.906 bits per heavy atom. The maximum atomic E-state index is 12.9. The van der Waals surface area contributed by atoms with Crippen LogP contribution >= 0.6 is 0 Å². The van der Waals surface area contributed by atoms with Gasteiger partial charge in [0, 0.05) is 37.8 Å². The number of benzene rings is 2. The molecule has 32 heavy (non-hydrogen) atoms. The molecule has 1 heterocycles. The average molecular weight is 448 g/mol. The van der Waals surface area contributed by atoms with Crippen molar-refractivity contribution in [1.82, 2.24) is 9.80 Å². The first-order chi connectivity index (χ1) is 15.2. The average Bonchev–Trinajstić information content (AvgIpc) is 2.81. The normalized spacial score (nSPS) is 14.5. The monoisotopic (exact) mass is 448 g/mol. The van der Waals surface area contributed by atoms with Crippen molar-refractivity contribution in [3.8, 4) is 11.5 Å². The zero-order chi connectivity index (χ0) is 23.3. The number of ether oxygens (including phenoxy) is 2. The van der Waals surface area contributed by atoms with Crippen LogP contribution in [0.25, 0.3) is 6.08 Å². The minimum absolute atomic E-state index is 0.0204. The van der Waals surface area contributed by atoms with Gasteiger partial charge in [0.15, 0.2) is 11.5 Å². The molecule has 1 saturated heterocycles. The van der Waals surface area contributed by atoms with E-state index < -0.39 is 17.6 Å². The number of halogens is 3. The highest BCUT2D eigenvalue weighted by atomic mass is 19.4. The molecule has 0 atom stereocenters. The van der Waals surface area contributed by atoms with Gasteiger partial charge in [-0.25, -0.2) is 0 Å². The summed E-state index contributed by atoms with van der Waals surface area (Å²) in [6.07, 6.45) is -1.42. The van der Waals surface area contributed by atoms with Crippen molar-refractivity contribution < 1.29 is 32.2 Å². The van der Waals surface area contributed by atoms with E-state index in [2.05, 4.69) is 0 Å². The number of rotatable bonds is 5. The maximum absolute atomic E-state index is 12.9. The molecule has 0 N–H and O–H groups in total. The second-order valence-corrected chi connectivity index (χ2v) is 7.14. The second-order valence-electron chi connectivity index (χ2n) is 7.14. The van der Waals surface area contributed by atoms with Crippen LogP contribution in [-0.2, 0) is 11.0 Å². The Labute approximate surface area is 183 Å². The standard InChI is InChI=1S/C23H23F3N2O4/c1-31-19-8-6-16(14-20(19)32-2)7-9-21(29)27-10-12-28(13-11-27)22(30)17-4-3-5-18(15-17)23(24,25)26/h3-9,14-15H,10-13H2,1-2H3/b9-7+. The molecule has 0 spiro atoms. The molecule has 0 aromatic heterocycles. The van der Waals surface area contributed by atoms with Crippen LogP contribution in [0.4, 0.5) is 13.2 Å². The van der Waals surface area contributed by atoms with Gasteiger partial charge in [-0.2, -0.15) is 13.2 Å². The number of hydrogen-bond acceptors (Lipinski definition) is 4. The fraction of sp³-hybridized carbons (Fsp3) is 0.304. The molecule has 0 radical (unpaired) electrons. The van der Waals surface area contributed by atoms with Gasteiger partial charge in [0.25, 0.3) is 5.91 Å². The zero-order valence-electron chi connectivity index (χ0n) is 17.7. The molecule has 1 fully saturated rings. The number of methoxy groups -OCH3 is 2. The first-order valence-electron chi connectivity index (χ1n) is 9.88. The maximum Gasteiger partial charge on any atom is 0.416 e. The number of nitrogens with zero attached hydrogens (tertiary/aromatic N) is 2. The lowest BCUT2D eigenvalue weighted by Crippen LogP contribution is -2.50. The van der Waals surface area contributed by atoms with Crippen molar-refractivity contribution in [1.29, 1.82) is 0 Å². The molecule has 1 aliphatic rings. The number of amides is 2. The fourth-order valence-electron chi connectivity index (χ4n) is 3.37. The van der Waals surface area contributed by atoms with Gasteiger partial charge in [-0.15, -0.1) is 0 Å². The Morgan fingerprint density at radius 2 is 1.56 bits per heavy atom.